The van der Waals surface area contributed by atoms with E-state index in [1.165, 1.54) is 6.92 Å². The number of rotatable bonds is 4. The number of benzene rings is 1. The van der Waals surface area contributed by atoms with Gasteiger partial charge in [0.2, 0.25) is 0 Å². The Bertz CT molecular complexity index is 413. The minimum Gasteiger partial charge on any atom is -0.449 e. The van der Waals surface area contributed by atoms with Crippen molar-refractivity contribution >= 4 is 17.6 Å². The van der Waals surface area contributed by atoms with E-state index in [-0.39, 0.29) is 5.78 Å². The average Bonchev–Trinajstić information content (AvgIpc) is 2.26. The van der Waals surface area contributed by atoms with Crippen molar-refractivity contribution in [2.75, 3.05) is 11.9 Å². The molecule has 0 atom stereocenters. The van der Waals surface area contributed by atoms with Crippen LogP contribution in [0.2, 0.25) is 0 Å². The van der Waals surface area contributed by atoms with Gasteiger partial charge in [-0.25, -0.2) is 4.79 Å². The summed E-state index contributed by atoms with van der Waals surface area (Å²) in [5.74, 6) is 0.258. The molecule has 0 heterocycles. The Morgan fingerprint density at radius 2 is 2.06 bits per heavy atom. The fourth-order valence-corrected chi connectivity index (χ4v) is 1.21. The molecule has 4 nitrogen and oxygen atoms in total. The van der Waals surface area contributed by atoms with Crippen LogP contribution in [0.3, 0.4) is 0 Å². The first kappa shape index (κ1) is 13.2. The minimum absolute atomic E-state index is 0.0378. The molecule has 0 aliphatic carbocycles. The smallest absolute Gasteiger partial charge is 0.411 e. The Kier molecular flexibility index (Phi) is 4.69. The first-order chi connectivity index (χ1) is 7.99. The molecule has 0 saturated heterocycles. The van der Waals surface area contributed by atoms with Gasteiger partial charge in [-0.1, -0.05) is 26.0 Å². The second-order valence-corrected chi connectivity index (χ2v) is 4.25. The number of carbonyl (C=O) groups excluding carboxylic acids is 2. The number of ether oxygens (including phenoxy) is 1. The number of amides is 1. The van der Waals surface area contributed by atoms with Crippen molar-refractivity contribution in [3.63, 3.8) is 0 Å². The molecule has 0 aromatic heterocycles. The molecular formula is C13H17NO3. The molecule has 0 aliphatic heterocycles. The summed E-state index contributed by atoms with van der Waals surface area (Å²) < 4.78 is 4.97. The molecule has 0 aliphatic rings. The molecule has 92 valence electrons. The maximum Gasteiger partial charge on any atom is 0.411 e. The standard InChI is InChI=1S/C13H17NO3/c1-9(2)8-17-13(16)14-12-6-4-5-11(7-12)10(3)15/h4-7,9H,8H2,1-3H3,(H,14,16). The highest BCUT2D eigenvalue weighted by Gasteiger charge is 2.06. The molecule has 0 unspecified atom stereocenters. The van der Waals surface area contributed by atoms with Crippen LogP contribution < -0.4 is 5.32 Å². The first-order valence-electron chi connectivity index (χ1n) is 5.54. The van der Waals surface area contributed by atoms with E-state index in [1.807, 2.05) is 13.8 Å². The van der Waals surface area contributed by atoms with Crippen molar-refractivity contribution < 1.29 is 14.3 Å². The van der Waals surface area contributed by atoms with E-state index < -0.39 is 6.09 Å². The molecule has 0 saturated carbocycles. The number of ketones is 1. The van der Waals surface area contributed by atoms with Gasteiger partial charge in [0.1, 0.15) is 0 Å². The van der Waals surface area contributed by atoms with Crippen LogP contribution >= 0.6 is 0 Å². The summed E-state index contributed by atoms with van der Waals surface area (Å²) in [4.78, 5) is 22.5. The molecule has 0 spiro atoms. The van der Waals surface area contributed by atoms with E-state index >= 15 is 0 Å². The van der Waals surface area contributed by atoms with Crippen LogP contribution in [0.4, 0.5) is 10.5 Å². The summed E-state index contributed by atoms with van der Waals surface area (Å²) in [6, 6.07) is 6.75. The molecule has 1 aromatic carbocycles. The normalized spacial score (nSPS) is 10.1. The Morgan fingerprint density at radius 3 is 2.65 bits per heavy atom. The molecule has 4 heteroatoms. The molecule has 1 N–H and O–H groups in total. The number of hydrogen-bond donors (Lipinski definition) is 1. The van der Waals surface area contributed by atoms with Gasteiger partial charge in [-0.3, -0.25) is 10.1 Å². The topological polar surface area (TPSA) is 55.4 Å². The molecular weight excluding hydrogens is 218 g/mol. The summed E-state index contributed by atoms with van der Waals surface area (Å²) in [6.07, 6.45) is -0.501. The van der Waals surface area contributed by atoms with E-state index in [1.54, 1.807) is 24.3 Å². The largest absolute Gasteiger partial charge is 0.449 e. The van der Waals surface area contributed by atoms with E-state index in [4.69, 9.17) is 4.74 Å². The Balaban J connectivity index is 2.59. The third-order valence-electron chi connectivity index (χ3n) is 2.06. The van der Waals surface area contributed by atoms with Crippen LogP contribution in [-0.4, -0.2) is 18.5 Å². The highest BCUT2D eigenvalue weighted by Crippen LogP contribution is 2.11. The van der Waals surface area contributed by atoms with Crippen molar-refractivity contribution in [2.24, 2.45) is 5.92 Å². The predicted octanol–water partition coefficient (Wildman–Crippen LogP) is 3.09. The van der Waals surface area contributed by atoms with Crippen molar-refractivity contribution in [1.29, 1.82) is 0 Å². The van der Waals surface area contributed by atoms with Gasteiger partial charge in [0, 0.05) is 11.3 Å². The van der Waals surface area contributed by atoms with Gasteiger partial charge < -0.3 is 4.74 Å². The molecule has 0 fully saturated rings. The maximum absolute atomic E-state index is 11.4. The van der Waals surface area contributed by atoms with Gasteiger partial charge >= 0.3 is 6.09 Å². The molecule has 1 aromatic rings. The second-order valence-electron chi connectivity index (χ2n) is 4.25. The highest BCUT2D eigenvalue weighted by molar-refractivity contribution is 5.96. The van der Waals surface area contributed by atoms with Crippen molar-refractivity contribution in [2.45, 2.75) is 20.8 Å². The highest BCUT2D eigenvalue weighted by atomic mass is 16.5. The number of Topliss-reactive ketones (excluding diaryl/α,β-unsaturated/α-hetero) is 1. The van der Waals surface area contributed by atoms with Gasteiger partial charge in [0.05, 0.1) is 6.61 Å². The lowest BCUT2D eigenvalue weighted by atomic mass is 10.1. The van der Waals surface area contributed by atoms with E-state index in [9.17, 15) is 9.59 Å². The van der Waals surface area contributed by atoms with E-state index in [0.717, 1.165) is 0 Å². The van der Waals surface area contributed by atoms with Crippen LogP contribution in [-0.2, 0) is 4.74 Å². The van der Waals surface area contributed by atoms with E-state index in [2.05, 4.69) is 5.32 Å². The lowest BCUT2D eigenvalue weighted by Crippen LogP contribution is -2.16. The van der Waals surface area contributed by atoms with Gasteiger partial charge in [-0.2, -0.15) is 0 Å². The van der Waals surface area contributed by atoms with Crippen molar-refractivity contribution in [3.8, 4) is 0 Å². The number of carbonyl (C=O) groups is 2. The fourth-order valence-electron chi connectivity index (χ4n) is 1.21. The molecule has 0 radical (unpaired) electrons. The van der Waals surface area contributed by atoms with Gasteiger partial charge in [0.15, 0.2) is 5.78 Å². The van der Waals surface area contributed by atoms with Crippen LogP contribution in [0, 0.1) is 5.92 Å². The second kappa shape index (κ2) is 6.03. The fraction of sp³-hybridized carbons (Fsp3) is 0.385. The quantitative estimate of drug-likeness (QED) is 0.816. The van der Waals surface area contributed by atoms with Gasteiger partial charge in [-0.15, -0.1) is 0 Å². The Morgan fingerprint density at radius 1 is 1.35 bits per heavy atom. The molecule has 17 heavy (non-hydrogen) atoms. The third-order valence-corrected chi connectivity index (χ3v) is 2.06. The SMILES string of the molecule is CC(=O)c1cccc(NC(=O)OCC(C)C)c1. The zero-order valence-corrected chi connectivity index (χ0v) is 10.3. The van der Waals surface area contributed by atoms with Crippen LogP contribution in [0.15, 0.2) is 24.3 Å². The van der Waals surface area contributed by atoms with E-state index in [0.29, 0.717) is 23.8 Å². The number of hydrogen-bond acceptors (Lipinski definition) is 3. The Hall–Kier alpha value is -1.84. The van der Waals surface area contributed by atoms with Crippen LogP contribution in [0.5, 0.6) is 0 Å². The summed E-state index contributed by atoms with van der Waals surface area (Å²) in [5, 5.41) is 2.58. The lowest BCUT2D eigenvalue weighted by Gasteiger charge is -2.09. The van der Waals surface area contributed by atoms with Crippen molar-refractivity contribution in [1.82, 2.24) is 0 Å². The summed E-state index contributed by atoms with van der Waals surface area (Å²) in [5.41, 5.74) is 1.12. The third kappa shape index (κ3) is 4.68. The Labute approximate surface area is 101 Å². The molecule has 1 amide bonds. The number of nitrogens with one attached hydrogen (secondary N) is 1. The predicted molar refractivity (Wildman–Crippen MR) is 66.3 cm³/mol. The lowest BCUT2D eigenvalue weighted by molar-refractivity contribution is 0.101. The first-order valence-corrected chi connectivity index (χ1v) is 5.54. The minimum atomic E-state index is -0.501. The van der Waals surface area contributed by atoms with Gasteiger partial charge in [-0.05, 0) is 25.0 Å². The number of anilines is 1. The average molecular weight is 235 g/mol. The summed E-state index contributed by atoms with van der Waals surface area (Å²) >= 11 is 0. The zero-order valence-electron chi connectivity index (χ0n) is 10.3. The molecule has 0 bridgehead atoms. The monoisotopic (exact) mass is 235 g/mol. The van der Waals surface area contributed by atoms with Crippen molar-refractivity contribution in [3.05, 3.63) is 29.8 Å². The van der Waals surface area contributed by atoms with Crippen LogP contribution in [0.25, 0.3) is 0 Å². The summed E-state index contributed by atoms with van der Waals surface area (Å²) in [7, 11) is 0. The summed E-state index contributed by atoms with van der Waals surface area (Å²) in [6.45, 7) is 5.78. The maximum atomic E-state index is 11.4. The zero-order chi connectivity index (χ0) is 12.8. The van der Waals surface area contributed by atoms with Gasteiger partial charge in [0.25, 0.3) is 0 Å². The van der Waals surface area contributed by atoms with Crippen LogP contribution in [0.1, 0.15) is 31.1 Å². The molecule has 1 rings (SSSR count).